The molecule has 9 heterocycles. The summed E-state index contributed by atoms with van der Waals surface area (Å²) in [7, 11) is 0. The maximum atomic E-state index is 2.51. The predicted octanol–water partition coefficient (Wildman–Crippen LogP) is 11.7. The molecule has 0 radical (unpaired) electrons. The van der Waals surface area contributed by atoms with Crippen molar-refractivity contribution in [3.05, 3.63) is 253 Å². The van der Waals surface area contributed by atoms with Crippen LogP contribution in [0.2, 0.25) is 0 Å². The maximum absolute atomic E-state index is 2.51. The number of hydrogen-bond donors (Lipinski definition) is 0. The van der Waals surface area contributed by atoms with Crippen LogP contribution in [0.1, 0.15) is 16.7 Å². The van der Waals surface area contributed by atoms with Gasteiger partial charge in [-0.15, -0.1) is 0 Å². The quantitative estimate of drug-likeness (QED) is 0.135. The van der Waals surface area contributed by atoms with E-state index in [-0.39, 0.29) is 0 Å². The summed E-state index contributed by atoms with van der Waals surface area (Å²) >= 11 is 0. The van der Waals surface area contributed by atoms with Crippen LogP contribution in [-0.4, -0.2) is 33.8 Å². The van der Waals surface area contributed by atoms with E-state index in [1.807, 2.05) is 0 Å². The summed E-state index contributed by atoms with van der Waals surface area (Å²) in [6.45, 7) is 7.76. The van der Waals surface area contributed by atoms with Crippen LogP contribution in [0.4, 0.5) is 0 Å². The second kappa shape index (κ2) is 15.7. The molecule has 372 valence electrons. The average Bonchev–Trinajstić information content (AvgIpc) is 4.19. The lowest BCUT2D eigenvalue weighted by molar-refractivity contribution is 1.19. The van der Waals surface area contributed by atoms with Crippen LogP contribution in [0.3, 0.4) is 0 Å². The summed E-state index contributed by atoms with van der Waals surface area (Å²) in [5.41, 5.74) is 37.7. The minimum absolute atomic E-state index is 0.339. The van der Waals surface area contributed by atoms with E-state index in [0.717, 1.165) is 0 Å². The van der Waals surface area contributed by atoms with Crippen molar-refractivity contribution in [2.75, 3.05) is 0 Å². The van der Waals surface area contributed by atoms with Gasteiger partial charge >= 0.3 is 0 Å². The van der Waals surface area contributed by atoms with Crippen molar-refractivity contribution in [1.29, 1.82) is 0 Å². The molecule has 0 spiro atoms. The van der Waals surface area contributed by atoms with Gasteiger partial charge in [0.1, 0.15) is 0 Å². The maximum Gasteiger partial charge on any atom is 0.248 e. The Hall–Kier alpha value is -9.77. The molecule has 0 saturated carbocycles. The fraction of sp³-hybridized carbons (Fsp3) is 0.0400. The molecular formula is C75H48B3N3. The zero-order valence-corrected chi connectivity index (χ0v) is 45.1. The molecular weight excluding hydrogens is 975 g/mol. The molecule has 21 rings (SSSR count). The molecule has 6 heteroatoms. The third-order valence-corrected chi connectivity index (χ3v) is 19.5. The lowest BCUT2D eigenvalue weighted by Crippen LogP contribution is -2.54. The SMILES string of the molecule is Cc1cc2c3c(c1)c1ccccc1n3-c1cccc3c1B2c1ccccc1-3.Cc1ccc2c3c1c1ccccc1n3-c1cccc3c1B2c1ccccc1-3.Cc1ccc2c3ccccc3n3c2c1B1c2ccccc2-c2cccc-3c21. The minimum atomic E-state index is 0.339. The van der Waals surface area contributed by atoms with E-state index in [2.05, 4.69) is 271 Å². The van der Waals surface area contributed by atoms with E-state index in [4.69, 9.17) is 0 Å². The summed E-state index contributed by atoms with van der Waals surface area (Å²) in [5.74, 6) is 0. The topological polar surface area (TPSA) is 14.8 Å². The van der Waals surface area contributed by atoms with Crippen LogP contribution in [0.15, 0.2) is 237 Å². The summed E-state index contributed by atoms with van der Waals surface area (Å²) in [6.07, 6.45) is 0. The molecule has 0 unspecified atom stereocenters. The number of aryl methyl sites for hydroxylation is 3. The van der Waals surface area contributed by atoms with Gasteiger partial charge in [0.25, 0.3) is 0 Å². The highest BCUT2D eigenvalue weighted by Crippen LogP contribution is 2.41. The average molecular weight is 1020 g/mol. The van der Waals surface area contributed by atoms with E-state index in [1.54, 1.807) is 0 Å². The third-order valence-electron chi connectivity index (χ3n) is 19.5. The van der Waals surface area contributed by atoms with Crippen molar-refractivity contribution in [3.8, 4) is 50.4 Å². The summed E-state index contributed by atoms with van der Waals surface area (Å²) in [4.78, 5) is 0. The Bertz CT molecular complexity index is 5360. The fourth-order valence-corrected chi connectivity index (χ4v) is 16.6. The van der Waals surface area contributed by atoms with Gasteiger partial charge in [-0.1, -0.05) is 222 Å². The molecule has 6 aliphatic heterocycles. The molecule has 0 bridgehead atoms. The lowest BCUT2D eigenvalue weighted by Gasteiger charge is -2.26. The summed E-state index contributed by atoms with van der Waals surface area (Å²) in [5, 5.41) is 8.21. The Morgan fingerprint density at radius 1 is 0.259 bits per heavy atom. The molecule has 81 heavy (non-hydrogen) atoms. The number of nitrogens with zero attached hydrogens (tertiary/aromatic N) is 3. The molecule has 3 nitrogen and oxygen atoms in total. The predicted molar refractivity (Wildman–Crippen MR) is 347 cm³/mol. The normalized spacial score (nSPS) is 13.3. The van der Waals surface area contributed by atoms with E-state index in [9.17, 15) is 0 Å². The van der Waals surface area contributed by atoms with Gasteiger partial charge in [0.15, 0.2) is 0 Å². The summed E-state index contributed by atoms with van der Waals surface area (Å²) < 4.78 is 7.52. The second-order valence-electron chi connectivity index (χ2n) is 23.5. The largest absolute Gasteiger partial charge is 0.310 e. The highest BCUT2D eigenvalue weighted by Gasteiger charge is 2.44. The smallest absolute Gasteiger partial charge is 0.248 e. The van der Waals surface area contributed by atoms with Gasteiger partial charge in [0.05, 0.1) is 16.6 Å². The molecule has 15 aromatic rings. The number of aromatic nitrogens is 3. The molecule has 0 fully saturated rings. The van der Waals surface area contributed by atoms with Crippen molar-refractivity contribution in [2.45, 2.75) is 20.8 Å². The van der Waals surface area contributed by atoms with Crippen LogP contribution >= 0.6 is 0 Å². The van der Waals surface area contributed by atoms with Gasteiger partial charge in [-0.2, -0.15) is 0 Å². The van der Waals surface area contributed by atoms with Crippen LogP contribution in [0, 0.1) is 20.8 Å². The van der Waals surface area contributed by atoms with Gasteiger partial charge in [0, 0.05) is 65.9 Å². The van der Waals surface area contributed by atoms with E-state index in [0.29, 0.717) is 20.1 Å². The van der Waals surface area contributed by atoms with Crippen LogP contribution in [0.5, 0.6) is 0 Å². The molecule has 6 aliphatic rings. The van der Waals surface area contributed by atoms with Crippen molar-refractivity contribution in [3.63, 3.8) is 0 Å². The Balaban J connectivity index is 0.0000000907. The Morgan fingerprint density at radius 2 is 0.691 bits per heavy atom. The van der Waals surface area contributed by atoms with Crippen LogP contribution in [-0.2, 0) is 0 Å². The van der Waals surface area contributed by atoms with E-state index in [1.165, 1.54) is 182 Å². The van der Waals surface area contributed by atoms with Crippen molar-refractivity contribution in [1.82, 2.24) is 13.7 Å². The van der Waals surface area contributed by atoms with E-state index < -0.39 is 0 Å². The first kappa shape index (κ1) is 44.1. The first-order chi connectivity index (χ1) is 40.0. The van der Waals surface area contributed by atoms with Crippen molar-refractivity contribution < 1.29 is 0 Å². The zero-order valence-electron chi connectivity index (χ0n) is 45.1. The van der Waals surface area contributed by atoms with E-state index >= 15 is 0 Å². The monoisotopic (exact) mass is 1020 g/mol. The Labute approximate surface area is 470 Å². The molecule has 0 saturated heterocycles. The van der Waals surface area contributed by atoms with Gasteiger partial charge in [-0.25, -0.2) is 0 Å². The highest BCUT2D eigenvalue weighted by molar-refractivity contribution is 7.03. The number of rotatable bonds is 0. The van der Waals surface area contributed by atoms with Crippen molar-refractivity contribution >= 4 is 135 Å². The third kappa shape index (κ3) is 5.48. The highest BCUT2D eigenvalue weighted by atomic mass is 15.0. The number of para-hydroxylation sites is 3. The van der Waals surface area contributed by atoms with Gasteiger partial charge in [-0.3, -0.25) is 0 Å². The standard InChI is InChI=1S/3C25H16BN/c1-15-13-19-17-8-3-5-11-22(17)27-23-12-6-9-18-16-7-2-4-10-20(16)26(24(18)23)21(14-15)25(19)27;1-15-13-14-20-25-23(15)18-8-3-5-11-21(18)27(25)22-12-6-9-17-16-7-2-4-10-19(16)26(20)24(17)22;1-15-13-14-19-17-8-3-5-11-21(17)27-22-12-6-9-18-16-7-2-4-10-20(16)26(24(18)22)23(15)25(19)27/h3*2-14H,1H3. The first-order valence-corrected chi connectivity index (χ1v) is 28.8. The minimum Gasteiger partial charge on any atom is -0.310 e. The molecule has 0 aliphatic carbocycles. The zero-order chi connectivity index (χ0) is 53.1. The van der Waals surface area contributed by atoms with Crippen LogP contribution in [0.25, 0.3) is 116 Å². The first-order valence-electron chi connectivity index (χ1n) is 28.8. The lowest BCUT2D eigenvalue weighted by atomic mass is 9.37. The van der Waals surface area contributed by atoms with Crippen molar-refractivity contribution in [2.24, 2.45) is 0 Å². The van der Waals surface area contributed by atoms with Gasteiger partial charge in [0.2, 0.25) is 20.1 Å². The van der Waals surface area contributed by atoms with Gasteiger partial charge < -0.3 is 13.7 Å². The Kier molecular flexibility index (Phi) is 8.58. The number of fused-ring (bicyclic) bond motifs is 24. The summed E-state index contributed by atoms with van der Waals surface area (Å²) in [6, 6.07) is 87.8. The molecule has 0 N–H and O–H groups in total. The second-order valence-corrected chi connectivity index (χ2v) is 23.5. The molecule has 0 atom stereocenters. The van der Waals surface area contributed by atoms with Gasteiger partial charge in [-0.05, 0) is 135 Å². The molecule has 3 aromatic heterocycles. The number of hydrogen-bond acceptors (Lipinski definition) is 0. The fourth-order valence-electron chi connectivity index (χ4n) is 16.6. The Morgan fingerprint density at radius 3 is 1.28 bits per heavy atom. The molecule has 0 amide bonds. The number of benzene rings is 12. The van der Waals surface area contributed by atoms with Crippen LogP contribution < -0.4 is 49.2 Å². The molecule has 12 aromatic carbocycles.